The van der Waals surface area contributed by atoms with Gasteiger partial charge in [-0.3, -0.25) is 0 Å². The lowest BCUT2D eigenvalue weighted by Gasteiger charge is -2.26. The lowest BCUT2D eigenvalue weighted by Crippen LogP contribution is -2.40. The molecule has 0 aromatic heterocycles. The van der Waals surface area contributed by atoms with E-state index in [9.17, 15) is 9.18 Å². The third-order valence-corrected chi connectivity index (χ3v) is 2.73. The van der Waals surface area contributed by atoms with Gasteiger partial charge in [0.05, 0.1) is 0 Å². The quantitative estimate of drug-likeness (QED) is 0.791. The zero-order valence-corrected chi connectivity index (χ0v) is 10.6. The number of urea groups is 1. The Morgan fingerprint density at radius 2 is 1.82 bits per heavy atom. The predicted molar refractivity (Wildman–Crippen MR) is 66.2 cm³/mol. The van der Waals surface area contributed by atoms with Gasteiger partial charge in [-0.15, -0.1) is 0 Å². The van der Waals surface area contributed by atoms with Gasteiger partial charge in [0, 0.05) is 32.2 Å². The van der Waals surface area contributed by atoms with Gasteiger partial charge in [0.2, 0.25) is 0 Å². The van der Waals surface area contributed by atoms with E-state index < -0.39 is 0 Å². The van der Waals surface area contributed by atoms with Crippen molar-refractivity contribution in [2.75, 3.05) is 20.1 Å². The molecule has 0 N–H and O–H groups in total. The van der Waals surface area contributed by atoms with Crippen LogP contribution in [0.1, 0.15) is 19.4 Å². The molecule has 0 aliphatic carbocycles. The highest BCUT2D eigenvalue weighted by atomic mass is 19.1. The van der Waals surface area contributed by atoms with Crippen LogP contribution in [-0.2, 0) is 6.54 Å². The Labute approximate surface area is 102 Å². The molecule has 1 aromatic carbocycles. The molecule has 1 rings (SSSR count). The minimum atomic E-state index is -0.272. The summed E-state index contributed by atoms with van der Waals surface area (Å²) >= 11 is 0. The topological polar surface area (TPSA) is 23.6 Å². The second-order valence-electron chi connectivity index (χ2n) is 3.90. The fourth-order valence-corrected chi connectivity index (χ4v) is 1.69. The molecule has 2 amide bonds. The van der Waals surface area contributed by atoms with Crippen molar-refractivity contribution in [3.63, 3.8) is 0 Å². The zero-order valence-electron chi connectivity index (χ0n) is 10.6. The number of halogens is 1. The maximum absolute atomic E-state index is 13.4. The van der Waals surface area contributed by atoms with Crippen LogP contribution in [0.3, 0.4) is 0 Å². The summed E-state index contributed by atoms with van der Waals surface area (Å²) in [6.45, 7) is 5.48. The smallest absolute Gasteiger partial charge is 0.320 e. The number of rotatable bonds is 4. The van der Waals surface area contributed by atoms with E-state index in [1.807, 2.05) is 13.8 Å². The fourth-order valence-electron chi connectivity index (χ4n) is 1.69. The average Bonchev–Trinajstić information content (AvgIpc) is 2.33. The van der Waals surface area contributed by atoms with E-state index in [1.54, 1.807) is 30.1 Å². The van der Waals surface area contributed by atoms with Crippen molar-refractivity contribution in [3.05, 3.63) is 35.6 Å². The van der Waals surface area contributed by atoms with Gasteiger partial charge in [-0.2, -0.15) is 0 Å². The molecular weight excluding hydrogens is 219 g/mol. The molecule has 0 unspecified atom stereocenters. The van der Waals surface area contributed by atoms with Crippen molar-refractivity contribution in [1.29, 1.82) is 0 Å². The van der Waals surface area contributed by atoms with E-state index in [0.717, 1.165) is 0 Å². The van der Waals surface area contributed by atoms with Crippen molar-refractivity contribution in [3.8, 4) is 0 Å². The van der Waals surface area contributed by atoms with Gasteiger partial charge in [0.1, 0.15) is 5.82 Å². The van der Waals surface area contributed by atoms with Crippen LogP contribution in [0.4, 0.5) is 9.18 Å². The van der Waals surface area contributed by atoms with Gasteiger partial charge < -0.3 is 9.80 Å². The van der Waals surface area contributed by atoms with E-state index in [2.05, 4.69) is 0 Å². The average molecular weight is 238 g/mol. The molecule has 0 saturated heterocycles. The number of benzene rings is 1. The van der Waals surface area contributed by atoms with Gasteiger partial charge in [0.25, 0.3) is 0 Å². The number of carbonyl (C=O) groups is 1. The summed E-state index contributed by atoms with van der Waals surface area (Å²) in [6, 6.07) is 6.45. The normalized spacial score (nSPS) is 10.1. The molecule has 4 heteroatoms. The summed E-state index contributed by atoms with van der Waals surface area (Å²) in [7, 11) is 1.69. The predicted octanol–water partition coefficient (Wildman–Crippen LogP) is 2.72. The molecule has 94 valence electrons. The molecule has 0 radical (unpaired) electrons. The number of nitrogens with zero attached hydrogens (tertiary/aromatic N) is 2. The van der Waals surface area contributed by atoms with Gasteiger partial charge in [-0.1, -0.05) is 18.2 Å². The van der Waals surface area contributed by atoms with Gasteiger partial charge in [-0.05, 0) is 19.9 Å². The molecule has 0 atom stereocenters. The summed E-state index contributed by atoms with van der Waals surface area (Å²) < 4.78 is 13.4. The Hall–Kier alpha value is -1.58. The number of carbonyl (C=O) groups excluding carboxylic acids is 1. The lowest BCUT2D eigenvalue weighted by atomic mass is 10.2. The highest BCUT2D eigenvalue weighted by Gasteiger charge is 2.15. The van der Waals surface area contributed by atoms with E-state index in [-0.39, 0.29) is 11.8 Å². The molecule has 0 aliphatic heterocycles. The van der Waals surface area contributed by atoms with Crippen molar-refractivity contribution >= 4 is 6.03 Å². The van der Waals surface area contributed by atoms with Crippen LogP contribution < -0.4 is 0 Å². The van der Waals surface area contributed by atoms with Crippen molar-refractivity contribution in [1.82, 2.24) is 9.80 Å². The molecule has 0 spiro atoms. The second kappa shape index (κ2) is 6.23. The molecule has 0 saturated carbocycles. The summed E-state index contributed by atoms with van der Waals surface area (Å²) in [5.41, 5.74) is 0.538. The Morgan fingerprint density at radius 3 is 2.35 bits per heavy atom. The first-order valence-electron chi connectivity index (χ1n) is 5.83. The first-order chi connectivity index (χ1) is 8.10. The number of hydrogen-bond acceptors (Lipinski definition) is 1. The van der Waals surface area contributed by atoms with Gasteiger partial charge in [0.15, 0.2) is 0 Å². The van der Waals surface area contributed by atoms with Crippen LogP contribution in [0.2, 0.25) is 0 Å². The molecule has 0 aliphatic rings. The number of hydrogen-bond donors (Lipinski definition) is 0. The van der Waals surface area contributed by atoms with Crippen LogP contribution in [0, 0.1) is 5.82 Å². The van der Waals surface area contributed by atoms with Crippen molar-refractivity contribution in [2.24, 2.45) is 0 Å². The first kappa shape index (κ1) is 13.5. The fraction of sp³-hybridized carbons (Fsp3) is 0.462. The van der Waals surface area contributed by atoms with Crippen LogP contribution in [0.25, 0.3) is 0 Å². The Bertz CT molecular complexity index is 377. The molecule has 0 bridgehead atoms. The monoisotopic (exact) mass is 238 g/mol. The molecule has 1 aromatic rings. The maximum Gasteiger partial charge on any atom is 0.320 e. The minimum Gasteiger partial charge on any atom is -0.325 e. The summed E-state index contributed by atoms with van der Waals surface area (Å²) in [4.78, 5) is 15.2. The Kier molecular flexibility index (Phi) is 4.94. The minimum absolute atomic E-state index is 0.0711. The van der Waals surface area contributed by atoms with Crippen LogP contribution in [-0.4, -0.2) is 36.0 Å². The Morgan fingerprint density at radius 1 is 1.24 bits per heavy atom. The van der Waals surface area contributed by atoms with Crippen LogP contribution in [0.15, 0.2) is 24.3 Å². The van der Waals surface area contributed by atoms with E-state index in [0.29, 0.717) is 25.2 Å². The molecule has 0 fully saturated rings. The molecule has 17 heavy (non-hydrogen) atoms. The summed E-state index contributed by atoms with van der Waals surface area (Å²) in [5.74, 6) is -0.272. The first-order valence-corrected chi connectivity index (χ1v) is 5.83. The van der Waals surface area contributed by atoms with E-state index >= 15 is 0 Å². The van der Waals surface area contributed by atoms with Crippen LogP contribution in [0.5, 0.6) is 0 Å². The third-order valence-electron chi connectivity index (χ3n) is 2.73. The summed E-state index contributed by atoms with van der Waals surface area (Å²) in [5, 5.41) is 0. The van der Waals surface area contributed by atoms with Crippen molar-refractivity contribution < 1.29 is 9.18 Å². The lowest BCUT2D eigenvalue weighted by molar-refractivity contribution is 0.165. The van der Waals surface area contributed by atoms with Crippen LogP contribution >= 0.6 is 0 Å². The standard InChI is InChI=1S/C13H19FN2O/c1-4-16(5-2)13(17)15(3)10-11-8-6-7-9-12(11)14/h6-9H,4-5,10H2,1-3H3. The van der Waals surface area contributed by atoms with E-state index in [1.165, 1.54) is 11.0 Å². The van der Waals surface area contributed by atoms with Crippen molar-refractivity contribution in [2.45, 2.75) is 20.4 Å². The van der Waals surface area contributed by atoms with Gasteiger partial charge >= 0.3 is 6.03 Å². The SMILES string of the molecule is CCN(CC)C(=O)N(C)Cc1ccccc1F. The zero-order chi connectivity index (χ0) is 12.8. The second-order valence-corrected chi connectivity index (χ2v) is 3.90. The molecule has 3 nitrogen and oxygen atoms in total. The molecule has 0 heterocycles. The Balaban J connectivity index is 2.69. The highest BCUT2D eigenvalue weighted by molar-refractivity contribution is 5.74. The third kappa shape index (κ3) is 3.44. The largest absolute Gasteiger partial charge is 0.325 e. The summed E-state index contributed by atoms with van der Waals surface area (Å²) in [6.07, 6.45) is 0. The van der Waals surface area contributed by atoms with Gasteiger partial charge in [-0.25, -0.2) is 9.18 Å². The number of amides is 2. The van der Waals surface area contributed by atoms with E-state index in [4.69, 9.17) is 0 Å². The molecular formula is C13H19FN2O. The highest BCUT2D eigenvalue weighted by Crippen LogP contribution is 2.10. The maximum atomic E-state index is 13.4.